The van der Waals surface area contributed by atoms with Crippen molar-refractivity contribution in [3.63, 3.8) is 0 Å². The maximum atomic E-state index is 12.1. The van der Waals surface area contributed by atoms with Gasteiger partial charge in [-0.1, -0.05) is 0 Å². The number of amides is 1. The van der Waals surface area contributed by atoms with Crippen molar-refractivity contribution >= 4 is 15.9 Å². The second-order valence-electron chi connectivity index (χ2n) is 4.41. The Labute approximate surface area is 117 Å². The Hall–Kier alpha value is -1.64. The van der Waals surface area contributed by atoms with Gasteiger partial charge in [0.15, 0.2) is 0 Å². The number of ether oxygens (including phenoxy) is 1. The van der Waals surface area contributed by atoms with Crippen molar-refractivity contribution in [1.82, 2.24) is 9.79 Å². The number of sulfonamides is 1. The van der Waals surface area contributed by atoms with E-state index >= 15 is 0 Å². The lowest BCUT2D eigenvalue weighted by Gasteiger charge is -2.18. The Bertz CT molecular complexity index is 578. The third-order valence-electron chi connectivity index (χ3n) is 3.13. The lowest BCUT2D eigenvalue weighted by Crippen LogP contribution is -2.44. The standard InChI is InChI=1S/C12H16N2O5S/c1-19-9-4-6-10(7-5-9)20(17,18)14(16)12(15)11-3-2-8-13-11/h4-7,11,13,16H,2-3,8H2,1H3/t11-/m0/s1. The highest BCUT2D eigenvalue weighted by molar-refractivity contribution is 7.89. The number of nitrogens with one attached hydrogen (secondary N) is 1. The molecule has 1 aromatic carbocycles. The lowest BCUT2D eigenvalue weighted by atomic mass is 10.2. The van der Waals surface area contributed by atoms with Gasteiger partial charge in [-0.3, -0.25) is 10.0 Å². The molecule has 1 heterocycles. The average Bonchev–Trinajstić information content (AvgIpc) is 3.00. The van der Waals surface area contributed by atoms with E-state index in [9.17, 15) is 18.4 Å². The van der Waals surface area contributed by atoms with Crippen molar-refractivity contribution in [3.05, 3.63) is 24.3 Å². The minimum absolute atomic E-state index is 0.174. The maximum Gasteiger partial charge on any atom is 0.289 e. The summed E-state index contributed by atoms with van der Waals surface area (Å²) in [5, 5.41) is 12.6. The smallest absolute Gasteiger partial charge is 0.289 e. The molecule has 1 aliphatic heterocycles. The molecule has 1 aromatic rings. The summed E-state index contributed by atoms with van der Waals surface area (Å²) in [6.07, 6.45) is 1.28. The van der Waals surface area contributed by atoms with E-state index in [2.05, 4.69) is 5.32 Å². The molecule has 8 heteroatoms. The minimum atomic E-state index is -4.26. The quantitative estimate of drug-likeness (QED) is 0.615. The van der Waals surface area contributed by atoms with Crippen LogP contribution in [0.4, 0.5) is 0 Å². The summed E-state index contributed by atoms with van der Waals surface area (Å²) in [6, 6.07) is 4.77. The molecule has 0 bridgehead atoms. The molecule has 1 fully saturated rings. The van der Waals surface area contributed by atoms with E-state index in [0.717, 1.165) is 6.42 Å². The van der Waals surface area contributed by atoms with Gasteiger partial charge in [-0.2, -0.15) is 8.42 Å². The van der Waals surface area contributed by atoms with Crippen LogP contribution in [-0.4, -0.2) is 43.7 Å². The molecule has 110 valence electrons. The molecule has 0 aliphatic carbocycles. The molecule has 0 radical (unpaired) electrons. The van der Waals surface area contributed by atoms with Gasteiger partial charge in [-0.15, -0.1) is 4.47 Å². The van der Waals surface area contributed by atoms with Gasteiger partial charge in [0.2, 0.25) is 0 Å². The first-order chi connectivity index (χ1) is 9.46. The molecule has 2 rings (SSSR count). The van der Waals surface area contributed by atoms with Crippen molar-refractivity contribution < 1.29 is 23.2 Å². The number of rotatable bonds is 4. The number of hydrogen-bond donors (Lipinski definition) is 2. The fourth-order valence-corrected chi connectivity index (χ4v) is 3.04. The first-order valence-corrected chi connectivity index (χ1v) is 7.56. The Morgan fingerprint density at radius 3 is 2.55 bits per heavy atom. The van der Waals surface area contributed by atoms with Crippen molar-refractivity contribution in [2.75, 3.05) is 13.7 Å². The average molecular weight is 300 g/mol. The van der Waals surface area contributed by atoms with Gasteiger partial charge in [-0.25, -0.2) is 0 Å². The van der Waals surface area contributed by atoms with Crippen molar-refractivity contribution in [2.45, 2.75) is 23.8 Å². The van der Waals surface area contributed by atoms with Crippen LogP contribution in [0.1, 0.15) is 12.8 Å². The zero-order chi connectivity index (χ0) is 14.8. The van der Waals surface area contributed by atoms with Crippen LogP contribution in [0.2, 0.25) is 0 Å². The molecular weight excluding hydrogens is 284 g/mol. The van der Waals surface area contributed by atoms with Crippen LogP contribution >= 0.6 is 0 Å². The molecule has 1 amide bonds. The largest absolute Gasteiger partial charge is 0.497 e. The molecule has 0 aromatic heterocycles. The molecule has 1 atom stereocenters. The highest BCUT2D eigenvalue weighted by Crippen LogP contribution is 2.20. The number of carbonyl (C=O) groups is 1. The molecular formula is C12H16N2O5S. The number of hydroxylamine groups is 1. The summed E-state index contributed by atoms with van der Waals surface area (Å²) < 4.78 is 29.0. The van der Waals surface area contributed by atoms with Crippen LogP contribution in [0.25, 0.3) is 0 Å². The zero-order valence-corrected chi connectivity index (χ0v) is 11.8. The third kappa shape index (κ3) is 2.77. The molecule has 0 spiro atoms. The molecule has 0 saturated carbocycles. The van der Waals surface area contributed by atoms with Crippen LogP contribution in [0.3, 0.4) is 0 Å². The molecule has 1 saturated heterocycles. The summed E-state index contributed by atoms with van der Waals surface area (Å²) in [5.41, 5.74) is 0. The van der Waals surface area contributed by atoms with Crippen LogP contribution in [0.5, 0.6) is 5.75 Å². The second-order valence-corrected chi connectivity index (χ2v) is 6.18. The highest BCUT2D eigenvalue weighted by Gasteiger charge is 2.34. The van der Waals surface area contributed by atoms with Gasteiger partial charge >= 0.3 is 0 Å². The lowest BCUT2D eigenvalue weighted by molar-refractivity contribution is -0.148. The number of nitrogens with zero attached hydrogens (tertiary/aromatic N) is 1. The minimum Gasteiger partial charge on any atom is -0.497 e. The van der Waals surface area contributed by atoms with Gasteiger partial charge in [0.25, 0.3) is 15.9 Å². The fraction of sp³-hybridized carbons (Fsp3) is 0.417. The topological polar surface area (TPSA) is 95.9 Å². The zero-order valence-electron chi connectivity index (χ0n) is 10.9. The maximum absolute atomic E-state index is 12.1. The molecule has 20 heavy (non-hydrogen) atoms. The Morgan fingerprint density at radius 1 is 1.40 bits per heavy atom. The van der Waals surface area contributed by atoms with E-state index < -0.39 is 22.0 Å². The second kappa shape index (κ2) is 5.78. The summed E-state index contributed by atoms with van der Waals surface area (Å²) >= 11 is 0. The first-order valence-electron chi connectivity index (χ1n) is 6.12. The predicted octanol–water partition coefficient (Wildman–Crippen LogP) is 0.354. The normalized spacial score (nSPS) is 18.8. The molecule has 2 N–H and O–H groups in total. The van der Waals surface area contributed by atoms with E-state index in [-0.39, 0.29) is 9.36 Å². The monoisotopic (exact) mass is 300 g/mol. The van der Waals surface area contributed by atoms with Crippen LogP contribution in [0, 0.1) is 0 Å². The predicted molar refractivity (Wildman–Crippen MR) is 69.8 cm³/mol. The molecule has 7 nitrogen and oxygen atoms in total. The van der Waals surface area contributed by atoms with Crippen molar-refractivity contribution in [3.8, 4) is 5.75 Å². The van der Waals surface area contributed by atoms with E-state index in [1.807, 2.05) is 0 Å². The van der Waals surface area contributed by atoms with Gasteiger partial charge in [0.05, 0.1) is 18.0 Å². The van der Waals surface area contributed by atoms with E-state index in [0.29, 0.717) is 18.7 Å². The number of carbonyl (C=O) groups excluding carboxylic acids is 1. The van der Waals surface area contributed by atoms with Gasteiger partial charge in [-0.05, 0) is 43.7 Å². The van der Waals surface area contributed by atoms with Crippen molar-refractivity contribution in [2.24, 2.45) is 0 Å². The number of hydrogen-bond acceptors (Lipinski definition) is 6. The third-order valence-corrected chi connectivity index (χ3v) is 4.64. The highest BCUT2D eigenvalue weighted by atomic mass is 32.2. The Kier molecular flexibility index (Phi) is 4.26. The SMILES string of the molecule is COc1ccc(S(=O)(=O)N(O)C(=O)[C@@H]2CCCN2)cc1. The molecule has 1 aliphatic rings. The summed E-state index contributed by atoms with van der Waals surface area (Å²) in [7, 11) is -2.80. The Balaban J connectivity index is 2.21. The fourth-order valence-electron chi connectivity index (χ4n) is 1.99. The summed E-state index contributed by atoms with van der Waals surface area (Å²) in [5.74, 6) is -0.379. The Morgan fingerprint density at radius 2 is 2.05 bits per heavy atom. The van der Waals surface area contributed by atoms with Crippen LogP contribution < -0.4 is 10.1 Å². The van der Waals surface area contributed by atoms with Crippen LogP contribution in [0.15, 0.2) is 29.2 Å². The summed E-state index contributed by atoms with van der Waals surface area (Å²) in [6.45, 7) is 0.632. The van der Waals surface area contributed by atoms with Crippen LogP contribution in [-0.2, 0) is 14.8 Å². The van der Waals surface area contributed by atoms with E-state index in [1.165, 1.54) is 31.4 Å². The van der Waals surface area contributed by atoms with Gasteiger partial charge < -0.3 is 10.1 Å². The molecule has 0 unspecified atom stereocenters. The van der Waals surface area contributed by atoms with E-state index in [1.54, 1.807) is 0 Å². The first kappa shape index (κ1) is 14.8. The van der Waals surface area contributed by atoms with Gasteiger partial charge in [0, 0.05) is 0 Å². The van der Waals surface area contributed by atoms with Gasteiger partial charge in [0.1, 0.15) is 5.75 Å². The summed E-state index contributed by atoms with van der Waals surface area (Å²) in [4.78, 5) is 11.7. The number of benzene rings is 1. The van der Waals surface area contributed by atoms with Crippen molar-refractivity contribution in [1.29, 1.82) is 0 Å². The number of methoxy groups -OCH3 is 1. The van der Waals surface area contributed by atoms with E-state index in [4.69, 9.17) is 4.74 Å².